The van der Waals surface area contributed by atoms with Gasteiger partial charge >= 0.3 is 0 Å². The Bertz CT molecular complexity index is 1390. The maximum Gasteiger partial charge on any atom is 0.259 e. The van der Waals surface area contributed by atoms with E-state index < -0.39 is 17.8 Å². The highest BCUT2D eigenvalue weighted by Gasteiger charge is 2.42. The first kappa shape index (κ1) is 23.9. The molecule has 0 radical (unpaired) electrons. The summed E-state index contributed by atoms with van der Waals surface area (Å²) in [4.78, 5) is 49.8. The molecular weight excluding hydrogens is 501 g/mol. The first-order valence-corrected chi connectivity index (χ1v) is 12.9. The molecule has 8 nitrogen and oxygen atoms in total. The molecule has 2 N–H and O–H groups in total. The molecule has 2 aliphatic heterocycles. The van der Waals surface area contributed by atoms with Crippen molar-refractivity contribution in [2.45, 2.75) is 19.0 Å². The Labute approximate surface area is 214 Å². The summed E-state index contributed by atoms with van der Waals surface area (Å²) in [5, 5.41) is 7.56. The highest BCUT2D eigenvalue weighted by Crippen LogP contribution is 2.34. The topological polar surface area (TPSA) is 103 Å². The van der Waals surface area contributed by atoms with Crippen molar-refractivity contribution < 1.29 is 18.8 Å². The predicted octanol–water partition coefficient (Wildman–Crippen LogP) is 3.92. The van der Waals surface area contributed by atoms with Crippen LogP contribution in [0.4, 0.5) is 15.8 Å². The van der Waals surface area contributed by atoms with Crippen LogP contribution in [0.25, 0.3) is 0 Å². The zero-order valence-corrected chi connectivity index (χ0v) is 20.4. The number of para-hydroxylation sites is 2. The fourth-order valence-corrected chi connectivity index (χ4v) is 5.20. The fraction of sp³-hybridized carbons (Fsp3) is 0.160. The number of thiophene rings is 1. The second-order valence-electron chi connectivity index (χ2n) is 7.93. The lowest BCUT2D eigenvalue weighted by atomic mass is 10.1. The molecule has 3 heterocycles. The molecule has 5 rings (SSSR count). The summed E-state index contributed by atoms with van der Waals surface area (Å²) in [5.41, 5.74) is 1.36. The van der Waals surface area contributed by atoms with Crippen LogP contribution in [0.3, 0.4) is 0 Å². The number of nitrogens with one attached hydrogen (secondary N) is 2. The van der Waals surface area contributed by atoms with E-state index >= 15 is 0 Å². The van der Waals surface area contributed by atoms with Gasteiger partial charge in [-0.2, -0.15) is 0 Å². The summed E-state index contributed by atoms with van der Waals surface area (Å²) < 4.78 is 13.9. The normalized spacial score (nSPS) is 16.1. The molecule has 182 valence electrons. The zero-order valence-electron chi connectivity index (χ0n) is 18.8. The third-order valence-electron chi connectivity index (χ3n) is 5.45. The zero-order chi connectivity index (χ0) is 25.1. The van der Waals surface area contributed by atoms with Gasteiger partial charge in [-0.25, -0.2) is 14.3 Å². The maximum atomic E-state index is 13.9. The van der Waals surface area contributed by atoms with Crippen LogP contribution in [0.2, 0.25) is 0 Å². The van der Waals surface area contributed by atoms with Gasteiger partial charge in [0.2, 0.25) is 11.8 Å². The van der Waals surface area contributed by atoms with Gasteiger partial charge in [0, 0.05) is 10.4 Å². The molecule has 3 amide bonds. The van der Waals surface area contributed by atoms with Gasteiger partial charge < -0.3 is 10.6 Å². The van der Waals surface area contributed by atoms with E-state index in [2.05, 4.69) is 20.6 Å². The minimum atomic E-state index is -0.896. The van der Waals surface area contributed by atoms with E-state index in [1.807, 2.05) is 35.7 Å². The highest BCUT2D eigenvalue weighted by molar-refractivity contribution is 8.14. The molecule has 2 aliphatic rings. The molecule has 11 heteroatoms. The second kappa shape index (κ2) is 10.4. The summed E-state index contributed by atoms with van der Waals surface area (Å²) in [5.74, 6) is -1.34. The molecule has 0 saturated heterocycles. The van der Waals surface area contributed by atoms with E-state index in [1.165, 1.54) is 34.4 Å². The number of rotatable bonds is 7. The molecule has 1 aromatic heterocycles. The Balaban J connectivity index is 1.30. The van der Waals surface area contributed by atoms with Crippen LogP contribution in [-0.4, -0.2) is 45.4 Å². The lowest BCUT2D eigenvalue weighted by molar-refractivity contribution is -0.128. The lowest BCUT2D eigenvalue weighted by Gasteiger charge is -2.25. The Hall–Kier alpha value is -3.83. The van der Waals surface area contributed by atoms with Crippen molar-refractivity contribution in [1.82, 2.24) is 10.2 Å². The van der Waals surface area contributed by atoms with Crippen LogP contribution in [0.5, 0.6) is 0 Å². The van der Waals surface area contributed by atoms with Crippen molar-refractivity contribution >= 4 is 63.2 Å². The van der Waals surface area contributed by atoms with Gasteiger partial charge in [0.1, 0.15) is 17.7 Å². The Morgan fingerprint density at radius 1 is 1.06 bits per heavy atom. The number of anilines is 1. The smallest absolute Gasteiger partial charge is 0.259 e. The third kappa shape index (κ3) is 5.07. The third-order valence-corrected chi connectivity index (χ3v) is 7.26. The molecule has 1 atom stereocenters. The summed E-state index contributed by atoms with van der Waals surface area (Å²) in [6.45, 7) is 0.389. The van der Waals surface area contributed by atoms with Crippen LogP contribution < -0.4 is 10.6 Å². The summed E-state index contributed by atoms with van der Waals surface area (Å²) >= 11 is 2.58. The maximum absolute atomic E-state index is 13.9. The standard InChI is InChI=1S/C25H20FN5O3S2/c26-17-8-2-4-10-19(17)28-22(33)14-36-25-30-18-9-3-1-7-16(18)23-29-20(24(34)31(23)25)12-21(32)27-13-15-6-5-11-35-15/h1-11,20H,12-14H2,(H,27,32)(H,28,33)/t20-/m0/s1. The minimum absolute atomic E-state index is 0.0761. The lowest BCUT2D eigenvalue weighted by Crippen LogP contribution is -2.42. The number of carbonyl (C=O) groups is 3. The number of benzene rings is 2. The number of thioether (sulfide) groups is 1. The first-order valence-electron chi connectivity index (χ1n) is 11.1. The van der Waals surface area contributed by atoms with Crippen molar-refractivity contribution in [1.29, 1.82) is 0 Å². The summed E-state index contributed by atoms with van der Waals surface area (Å²) in [7, 11) is 0. The molecule has 3 aromatic rings. The average molecular weight is 522 g/mol. The largest absolute Gasteiger partial charge is 0.351 e. The Morgan fingerprint density at radius 2 is 1.86 bits per heavy atom. The van der Waals surface area contributed by atoms with E-state index in [-0.39, 0.29) is 34.8 Å². The predicted molar refractivity (Wildman–Crippen MR) is 139 cm³/mol. The second-order valence-corrected chi connectivity index (χ2v) is 9.91. The van der Waals surface area contributed by atoms with Crippen molar-refractivity contribution in [2.24, 2.45) is 9.98 Å². The van der Waals surface area contributed by atoms with Gasteiger partial charge in [-0.05, 0) is 35.7 Å². The summed E-state index contributed by atoms with van der Waals surface area (Å²) in [6, 6.07) is 16.1. The van der Waals surface area contributed by atoms with Crippen LogP contribution >= 0.6 is 23.1 Å². The van der Waals surface area contributed by atoms with E-state index in [1.54, 1.807) is 12.1 Å². The van der Waals surface area contributed by atoms with Gasteiger partial charge in [-0.15, -0.1) is 11.3 Å². The minimum Gasteiger partial charge on any atom is -0.351 e. The number of hydrogen-bond donors (Lipinski definition) is 2. The Kier molecular flexibility index (Phi) is 6.92. The number of carbonyl (C=O) groups excluding carboxylic acids is 3. The van der Waals surface area contributed by atoms with E-state index in [9.17, 15) is 18.8 Å². The van der Waals surface area contributed by atoms with Crippen LogP contribution in [0.15, 0.2) is 76.0 Å². The van der Waals surface area contributed by atoms with Crippen molar-refractivity contribution in [2.75, 3.05) is 11.1 Å². The van der Waals surface area contributed by atoms with Gasteiger partial charge in [0.25, 0.3) is 5.91 Å². The van der Waals surface area contributed by atoms with Gasteiger partial charge in [0.15, 0.2) is 5.17 Å². The number of hydrogen-bond acceptors (Lipinski definition) is 7. The SMILES string of the molecule is O=C(C[C@@H]1N=C2c3ccccc3N=C(SCC(=O)Nc3ccccc3F)N2C1=O)NCc1cccs1. The molecule has 0 unspecified atom stereocenters. The first-order chi connectivity index (χ1) is 17.5. The van der Waals surface area contributed by atoms with E-state index in [4.69, 9.17) is 0 Å². The number of amidine groups is 2. The van der Waals surface area contributed by atoms with E-state index in [0.29, 0.717) is 23.6 Å². The number of nitrogens with zero attached hydrogens (tertiary/aromatic N) is 3. The van der Waals surface area contributed by atoms with Crippen molar-refractivity contribution in [3.63, 3.8) is 0 Å². The molecule has 0 aliphatic carbocycles. The van der Waals surface area contributed by atoms with Crippen LogP contribution in [-0.2, 0) is 20.9 Å². The van der Waals surface area contributed by atoms with Crippen molar-refractivity contribution in [3.05, 3.63) is 82.3 Å². The average Bonchev–Trinajstić information content (AvgIpc) is 3.51. The van der Waals surface area contributed by atoms with Crippen LogP contribution in [0.1, 0.15) is 16.9 Å². The molecular formula is C25H20FN5O3S2. The van der Waals surface area contributed by atoms with E-state index in [0.717, 1.165) is 16.6 Å². The number of fused-ring (bicyclic) bond motifs is 3. The van der Waals surface area contributed by atoms with Gasteiger partial charge in [-0.1, -0.05) is 42.1 Å². The number of halogens is 1. The quantitative estimate of drug-likeness (QED) is 0.492. The fourth-order valence-electron chi connectivity index (χ4n) is 3.76. The molecule has 36 heavy (non-hydrogen) atoms. The summed E-state index contributed by atoms with van der Waals surface area (Å²) in [6.07, 6.45) is -0.0991. The molecule has 0 saturated carbocycles. The highest BCUT2D eigenvalue weighted by atomic mass is 32.2. The number of amides is 3. The Morgan fingerprint density at radius 3 is 2.67 bits per heavy atom. The molecule has 2 aromatic carbocycles. The van der Waals surface area contributed by atoms with Crippen molar-refractivity contribution in [3.8, 4) is 0 Å². The molecule has 0 bridgehead atoms. The molecule has 0 fully saturated rings. The van der Waals surface area contributed by atoms with Gasteiger partial charge in [-0.3, -0.25) is 19.4 Å². The van der Waals surface area contributed by atoms with Gasteiger partial charge in [0.05, 0.1) is 30.1 Å². The monoisotopic (exact) mass is 521 g/mol. The molecule has 0 spiro atoms. The number of aliphatic imine (C=N–C) groups is 2. The van der Waals surface area contributed by atoms with Crippen LogP contribution in [0, 0.1) is 5.82 Å².